The van der Waals surface area contributed by atoms with Crippen molar-refractivity contribution in [1.82, 2.24) is 0 Å². The summed E-state index contributed by atoms with van der Waals surface area (Å²) in [5.74, 6) is -0.870. The molecule has 0 saturated carbocycles. The fourth-order valence-electron chi connectivity index (χ4n) is 1.80. The van der Waals surface area contributed by atoms with Gasteiger partial charge in [0.15, 0.2) is 0 Å². The Morgan fingerprint density at radius 2 is 1.60 bits per heavy atom. The zero-order valence-corrected chi connectivity index (χ0v) is 13.4. The van der Waals surface area contributed by atoms with Crippen LogP contribution in [0.5, 0.6) is 5.75 Å². The van der Waals surface area contributed by atoms with E-state index in [1.807, 2.05) is 0 Å². The molecule has 0 N–H and O–H groups in total. The molecule has 2 aromatic rings. The molecule has 6 heteroatoms. The maximum atomic E-state index is 13.3. The molecule has 1 unspecified atom stereocenters. The van der Waals surface area contributed by atoms with Crippen molar-refractivity contribution in [2.45, 2.75) is 4.83 Å². The van der Waals surface area contributed by atoms with Gasteiger partial charge in [-0.2, -0.15) is 0 Å². The van der Waals surface area contributed by atoms with Gasteiger partial charge in [-0.15, -0.1) is 0 Å². The van der Waals surface area contributed by atoms with Gasteiger partial charge >= 0.3 is 0 Å². The summed E-state index contributed by atoms with van der Waals surface area (Å²) in [4.78, 5) is -0.483. The normalized spacial score (nSPS) is 12.3. The van der Waals surface area contributed by atoms with Crippen molar-refractivity contribution >= 4 is 39.1 Å². The summed E-state index contributed by atoms with van der Waals surface area (Å²) in [5.41, 5.74) is 1.01. The Morgan fingerprint density at radius 1 is 1.00 bits per heavy atom. The second-order valence-electron chi connectivity index (χ2n) is 4.07. The summed E-state index contributed by atoms with van der Waals surface area (Å²) in [6.07, 6.45) is 0. The van der Waals surface area contributed by atoms with E-state index in [0.717, 1.165) is 6.07 Å². The Bertz CT molecular complexity index is 629. The summed E-state index contributed by atoms with van der Waals surface area (Å²) in [6.45, 7) is 0. The van der Waals surface area contributed by atoms with Crippen molar-refractivity contribution in [3.05, 3.63) is 63.1 Å². The van der Waals surface area contributed by atoms with Gasteiger partial charge < -0.3 is 4.74 Å². The first-order chi connectivity index (χ1) is 9.42. The summed E-state index contributed by atoms with van der Waals surface area (Å²) >= 11 is 15.6. The van der Waals surface area contributed by atoms with Gasteiger partial charge in [0, 0.05) is 17.2 Å². The number of hydrogen-bond donors (Lipinski definition) is 0. The molecule has 0 radical (unpaired) electrons. The molecule has 106 valence electrons. The second-order valence-corrected chi connectivity index (χ2v) is 5.80. The number of hydrogen-bond acceptors (Lipinski definition) is 1. The fourth-order valence-corrected chi connectivity index (χ4v) is 3.08. The predicted octanol–water partition coefficient (Wildman–Crippen LogP) is 5.76. The molecule has 1 atom stereocenters. The topological polar surface area (TPSA) is 9.23 Å². The molecule has 20 heavy (non-hydrogen) atoms. The summed E-state index contributed by atoms with van der Waals surface area (Å²) in [7, 11) is 1.48. The van der Waals surface area contributed by atoms with E-state index in [4.69, 9.17) is 27.9 Å². The lowest BCUT2D eigenvalue weighted by Gasteiger charge is -2.15. The van der Waals surface area contributed by atoms with Crippen molar-refractivity contribution in [2.24, 2.45) is 0 Å². The van der Waals surface area contributed by atoms with E-state index >= 15 is 0 Å². The van der Waals surface area contributed by atoms with Crippen molar-refractivity contribution in [3.63, 3.8) is 0 Å². The minimum atomic E-state index is -0.653. The van der Waals surface area contributed by atoms with Crippen LogP contribution in [-0.2, 0) is 0 Å². The van der Waals surface area contributed by atoms with Crippen molar-refractivity contribution in [2.75, 3.05) is 7.11 Å². The molecule has 0 saturated heterocycles. The minimum Gasteiger partial charge on any atom is -0.495 e. The highest BCUT2D eigenvalue weighted by molar-refractivity contribution is 9.09. The lowest BCUT2D eigenvalue weighted by Crippen LogP contribution is -1.97. The van der Waals surface area contributed by atoms with E-state index in [-0.39, 0.29) is 0 Å². The molecule has 0 spiro atoms. The Labute approximate surface area is 133 Å². The third-order valence-electron chi connectivity index (χ3n) is 2.72. The number of halogens is 5. The Balaban J connectivity index is 2.47. The molecular weight excluding hydrogens is 373 g/mol. The Morgan fingerprint density at radius 3 is 2.15 bits per heavy atom. The van der Waals surface area contributed by atoms with E-state index in [1.54, 1.807) is 12.1 Å². The third kappa shape index (κ3) is 3.25. The first kappa shape index (κ1) is 15.5. The lowest BCUT2D eigenvalue weighted by molar-refractivity contribution is 0.415. The van der Waals surface area contributed by atoms with E-state index < -0.39 is 16.5 Å². The molecule has 2 rings (SSSR count). The zero-order valence-electron chi connectivity index (χ0n) is 10.3. The van der Waals surface area contributed by atoms with Gasteiger partial charge in [0.1, 0.15) is 17.4 Å². The van der Waals surface area contributed by atoms with Crippen LogP contribution >= 0.6 is 39.1 Å². The zero-order chi connectivity index (χ0) is 14.9. The average molecular weight is 382 g/mol. The summed E-state index contributed by atoms with van der Waals surface area (Å²) in [6, 6.07) is 6.44. The number of ether oxygens (including phenoxy) is 1. The lowest BCUT2D eigenvalue weighted by atomic mass is 10.0. The van der Waals surface area contributed by atoms with E-state index in [9.17, 15) is 8.78 Å². The Hall–Kier alpha value is -0.840. The van der Waals surface area contributed by atoms with Crippen LogP contribution in [0.1, 0.15) is 16.0 Å². The van der Waals surface area contributed by atoms with Crippen LogP contribution in [0, 0.1) is 11.6 Å². The monoisotopic (exact) mass is 380 g/mol. The number of alkyl halides is 1. The molecule has 1 nitrogen and oxygen atoms in total. The summed E-state index contributed by atoms with van der Waals surface area (Å²) in [5, 5.41) is 0.756. The quantitative estimate of drug-likeness (QED) is 0.613. The molecular formula is C14H9BrCl2F2O. The van der Waals surface area contributed by atoms with Crippen LogP contribution in [-0.4, -0.2) is 7.11 Å². The van der Waals surface area contributed by atoms with Crippen molar-refractivity contribution in [1.29, 1.82) is 0 Å². The Kier molecular flexibility index (Phi) is 4.89. The second kappa shape index (κ2) is 6.29. The standard InChI is InChI=1S/C14H9BrCl2F2O/c1-20-13-6-11(16)10(5-12(13)17)14(15)7-2-8(18)4-9(19)3-7/h2-6,14H,1H3. The van der Waals surface area contributed by atoms with Gasteiger partial charge in [-0.25, -0.2) is 8.78 Å². The molecule has 0 aliphatic rings. The van der Waals surface area contributed by atoms with E-state index in [0.29, 0.717) is 26.9 Å². The predicted molar refractivity (Wildman–Crippen MR) is 80.1 cm³/mol. The maximum Gasteiger partial charge on any atom is 0.138 e. The smallest absolute Gasteiger partial charge is 0.138 e. The molecule has 0 fully saturated rings. The van der Waals surface area contributed by atoms with Crippen LogP contribution in [0.2, 0.25) is 10.0 Å². The van der Waals surface area contributed by atoms with Gasteiger partial charge in [0.2, 0.25) is 0 Å². The molecule has 0 heterocycles. The molecule has 0 aromatic heterocycles. The van der Waals surface area contributed by atoms with E-state index in [2.05, 4.69) is 15.9 Å². The highest BCUT2D eigenvalue weighted by Crippen LogP contribution is 2.40. The SMILES string of the molecule is COc1cc(Cl)c(C(Br)c2cc(F)cc(F)c2)cc1Cl. The molecule has 0 aliphatic heterocycles. The van der Waals surface area contributed by atoms with Crippen LogP contribution in [0.4, 0.5) is 8.78 Å². The number of benzene rings is 2. The largest absolute Gasteiger partial charge is 0.495 e. The molecule has 0 amide bonds. The van der Waals surface area contributed by atoms with Crippen molar-refractivity contribution < 1.29 is 13.5 Å². The highest BCUT2D eigenvalue weighted by Gasteiger charge is 2.18. The van der Waals surface area contributed by atoms with E-state index in [1.165, 1.54) is 19.2 Å². The van der Waals surface area contributed by atoms with Gasteiger partial charge in [-0.05, 0) is 29.3 Å². The molecule has 2 aromatic carbocycles. The van der Waals surface area contributed by atoms with Gasteiger partial charge in [0.05, 0.1) is 17.0 Å². The van der Waals surface area contributed by atoms with Gasteiger partial charge in [-0.1, -0.05) is 39.1 Å². The maximum absolute atomic E-state index is 13.3. The fraction of sp³-hybridized carbons (Fsp3) is 0.143. The number of methoxy groups -OCH3 is 1. The van der Waals surface area contributed by atoms with Crippen LogP contribution in [0.25, 0.3) is 0 Å². The average Bonchev–Trinajstić information content (AvgIpc) is 2.39. The third-order valence-corrected chi connectivity index (χ3v) is 4.37. The minimum absolute atomic E-state index is 0.369. The molecule has 0 bridgehead atoms. The van der Waals surface area contributed by atoms with Crippen molar-refractivity contribution in [3.8, 4) is 5.75 Å². The van der Waals surface area contributed by atoms with Crippen LogP contribution in [0.3, 0.4) is 0 Å². The van der Waals surface area contributed by atoms with Crippen LogP contribution < -0.4 is 4.74 Å². The number of rotatable bonds is 3. The highest BCUT2D eigenvalue weighted by atomic mass is 79.9. The van der Waals surface area contributed by atoms with Gasteiger partial charge in [0.25, 0.3) is 0 Å². The molecule has 0 aliphatic carbocycles. The first-order valence-corrected chi connectivity index (χ1v) is 7.22. The summed E-state index contributed by atoms with van der Waals surface area (Å²) < 4.78 is 31.6. The van der Waals surface area contributed by atoms with Crippen LogP contribution in [0.15, 0.2) is 30.3 Å². The van der Waals surface area contributed by atoms with Gasteiger partial charge in [-0.3, -0.25) is 0 Å². The first-order valence-electron chi connectivity index (χ1n) is 5.55.